The molecule has 0 radical (unpaired) electrons. The maximum absolute atomic E-state index is 11.7. The summed E-state index contributed by atoms with van der Waals surface area (Å²) < 4.78 is 0. The lowest BCUT2D eigenvalue weighted by Crippen LogP contribution is -2.36. The number of thiazole rings is 1. The molecule has 0 aliphatic carbocycles. The molecule has 21 heavy (non-hydrogen) atoms. The fraction of sp³-hybridized carbons (Fsp3) is 0.538. The van der Waals surface area contributed by atoms with E-state index < -0.39 is 18.0 Å². The van der Waals surface area contributed by atoms with Gasteiger partial charge in [-0.25, -0.2) is 9.78 Å². The predicted molar refractivity (Wildman–Crippen MR) is 78.0 cm³/mol. The van der Waals surface area contributed by atoms with Gasteiger partial charge in [0.1, 0.15) is 6.04 Å². The summed E-state index contributed by atoms with van der Waals surface area (Å²) in [6.45, 7) is 4.64. The molecule has 2 heterocycles. The maximum atomic E-state index is 11.7. The van der Waals surface area contributed by atoms with Gasteiger partial charge < -0.3 is 10.6 Å². The highest BCUT2D eigenvalue weighted by Gasteiger charge is 2.31. The smallest absolute Gasteiger partial charge is 0.322 e. The zero-order valence-electron chi connectivity index (χ0n) is 11.9. The van der Waals surface area contributed by atoms with Crippen LogP contribution in [0.4, 0.5) is 4.79 Å². The van der Waals surface area contributed by atoms with E-state index >= 15 is 0 Å². The lowest BCUT2D eigenvalue weighted by atomic mass is 10.2. The Kier molecular flexibility index (Phi) is 4.89. The third-order valence-corrected chi connectivity index (χ3v) is 4.21. The van der Waals surface area contributed by atoms with Crippen LogP contribution in [0.15, 0.2) is 5.38 Å². The molecule has 7 nitrogen and oxygen atoms in total. The lowest BCUT2D eigenvalue weighted by Gasteiger charge is -2.07. The van der Waals surface area contributed by atoms with E-state index in [9.17, 15) is 14.4 Å². The van der Waals surface area contributed by atoms with Crippen LogP contribution in [-0.4, -0.2) is 35.4 Å². The van der Waals surface area contributed by atoms with Crippen molar-refractivity contribution in [1.29, 1.82) is 0 Å². The van der Waals surface area contributed by atoms with Gasteiger partial charge in [0, 0.05) is 24.3 Å². The number of nitrogens with zero attached hydrogens (tertiary/aromatic N) is 1. The molecule has 0 bridgehead atoms. The molecule has 1 atom stereocenters. The van der Waals surface area contributed by atoms with Crippen LogP contribution in [0.2, 0.25) is 0 Å². The number of nitrogens with one attached hydrogen (secondary N) is 3. The van der Waals surface area contributed by atoms with Crippen LogP contribution in [-0.2, 0) is 16.0 Å². The third-order valence-electron chi connectivity index (χ3n) is 3.01. The number of carbonyl (C=O) groups excluding carboxylic acids is 3. The van der Waals surface area contributed by atoms with E-state index in [0.717, 1.165) is 10.7 Å². The van der Waals surface area contributed by atoms with Crippen molar-refractivity contribution in [2.24, 2.45) is 0 Å². The molecule has 0 unspecified atom stereocenters. The van der Waals surface area contributed by atoms with Crippen molar-refractivity contribution >= 4 is 29.2 Å². The van der Waals surface area contributed by atoms with E-state index in [0.29, 0.717) is 18.9 Å². The van der Waals surface area contributed by atoms with Gasteiger partial charge in [0.2, 0.25) is 5.91 Å². The molecular formula is C13H18N4O3S. The van der Waals surface area contributed by atoms with E-state index in [1.165, 1.54) is 0 Å². The van der Waals surface area contributed by atoms with Crippen molar-refractivity contribution in [1.82, 2.24) is 20.9 Å². The normalized spacial score (nSPS) is 17.8. The molecule has 1 aliphatic heterocycles. The second kappa shape index (κ2) is 6.66. The monoisotopic (exact) mass is 310 g/mol. The Morgan fingerprint density at radius 2 is 2.24 bits per heavy atom. The van der Waals surface area contributed by atoms with E-state index in [1.54, 1.807) is 11.3 Å². The van der Waals surface area contributed by atoms with E-state index in [4.69, 9.17) is 0 Å². The average Bonchev–Trinajstić information content (AvgIpc) is 2.97. The summed E-state index contributed by atoms with van der Waals surface area (Å²) in [6, 6.07) is -1.33. The van der Waals surface area contributed by atoms with Gasteiger partial charge in [0.15, 0.2) is 0 Å². The Balaban J connectivity index is 1.71. The predicted octanol–water partition coefficient (Wildman–Crippen LogP) is 0.523. The SMILES string of the molecule is CC(C)c1nc(CCNC(=O)C[C@H]2NC(=O)NC2=O)cs1. The summed E-state index contributed by atoms with van der Waals surface area (Å²) >= 11 is 1.62. The molecule has 0 saturated carbocycles. The Morgan fingerprint density at radius 3 is 2.81 bits per heavy atom. The quantitative estimate of drug-likeness (QED) is 0.667. The van der Waals surface area contributed by atoms with Gasteiger partial charge in [0.05, 0.1) is 17.1 Å². The first-order valence-electron chi connectivity index (χ1n) is 6.78. The first kappa shape index (κ1) is 15.4. The zero-order chi connectivity index (χ0) is 15.4. The van der Waals surface area contributed by atoms with Crippen LogP contribution in [0.25, 0.3) is 0 Å². The van der Waals surface area contributed by atoms with Gasteiger partial charge >= 0.3 is 6.03 Å². The van der Waals surface area contributed by atoms with Crippen molar-refractivity contribution in [3.8, 4) is 0 Å². The number of carbonyl (C=O) groups is 3. The van der Waals surface area contributed by atoms with Gasteiger partial charge in [-0.2, -0.15) is 0 Å². The fourth-order valence-electron chi connectivity index (χ4n) is 1.89. The van der Waals surface area contributed by atoms with Crippen molar-refractivity contribution < 1.29 is 14.4 Å². The van der Waals surface area contributed by atoms with E-state index in [1.807, 2.05) is 5.38 Å². The molecule has 1 aromatic heterocycles. The van der Waals surface area contributed by atoms with E-state index in [-0.39, 0.29) is 12.3 Å². The molecule has 1 aliphatic rings. The van der Waals surface area contributed by atoms with E-state index in [2.05, 4.69) is 34.8 Å². The number of rotatable bonds is 6. The van der Waals surface area contributed by atoms with Gasteiger partial charge in [-0.3, -0.25) is 14.9 Å². The molecule has 4 amide bonds. The van der Waals surface area contributed by atoms with Crippen LogP contribution in [0, 0.1) is 0 Å². The minimum atomic E-state index is -0.774. The molecule has 1 fully saturated rings. The maximum Gasteiger partial charge on any atom is 0.322 e. The first-order chi connectivity index (χ1) is 9.95. The summed E-state index contributed by atoms with van der Waals surface area (Å²) in [5, 5.41) is 10.3. The second-order valence-corrected chi connectivity index (χ2v) is 6.04. The number of urea groups is 1. The average molecular weight is 310 g/mol. The molecule has 1 saturated heterocycles. The topological polar surface area (TPSA) is 100 Å². The lowest BCUT2D eigenvalue weighted by molar-refractivity contribution is -0.126. The molecule has 8 heteroatoms. The highest BCUT2D eigenvalue weighted by molar-refractivity contribution is 7.09. The molecule has 2 rings (SSSR count). The molecule has 1 aromatic rings. The standard InChI is InChI=1S/C13H18N4O3S/c1-7(2)12-15-8(6-21-12)3-4-14-10(18)5-9-11(19)17-13(20)16-9/h6-7,9H,3-5H2,1-2H3,(H,14,18)(H2,16,17,19,20)/t9-/m1/s1. The van der Waals surface area contributed by atoms with Crippen LogP contribution >= 0.6 is 11.3 Å². The molecular weight excluding hydrogens is 292 g/mol. The van der Waals surface area contributed by atoms with Gasteiger partial charge in [-0.1, -0.05) is 13.8 Å². The molecule has 0 aromatic carbocycles. The Labute approximate surface area is 126 Å². The summed E-state index contributed by atoms with van der Waals surface area (Å²) in [4.78, 5) is 38.4. The minimum absolute atomic E-state index is 0.0497. The van der Waals surface area contributed by atoms with Crippen LogP contribution < -0.4 is 16.0 Å². The van der Waals surface area contributed by atoms with Crippen molar-refractivity contribution in [3.05, 3.63) is 16.1 Å². The second-order valence-electron chi connectivity index (χ2n) is 5.15. The zero-order valence-corrected chi connectivity index (χ0v) is 12.8. The fourth-order valence-corrected chi connectivity index (χ4v) is 2.76. The Bertz CT molecular complexity index is 555. The van der Waals surface area contributed by atoms with Crippen molar-refractivity contribution in [3.63, 3.8) is 0 Å². The highest BCUT2D eigenvalue weighted by Crippen LogP contribution is 2.19. The van der Waals surface area contributed by atoms with Gasteiger partial charge in [-0.05, 0) is 0 Å². The highest BCUT2D eigenvalue weighted by atomic mass is 32.1. The van der Waals surface area contributed by atoms with Crippen molar-refractivity contribution in [2.75, 3.05) is 6.54 Å². The number of amides is 4. The summed E-state index contributed by atoms with van der Waals surface area (Å²) in [6.07, 6.45) is 0.601. The number of imide groups is 1. The number of hydrogen-bond donors (Lipinski definition) is 3. The summed E-state index contributed by atoms with van der Waals surface area (Å²) in [5.74, 6) is -0.323. The van der Waals surface area contributed by atoms with Crippen LogP contribution in [0.5, 0.6) is 0 Å². The van der Waals surface area contributed by atoms with Gasteiger partial charge in [-0.15, -0.1) is 11.3 Å². The van der Waals surface area contributed by atoms with Crippen molar-refractivity contribution in [2.45, 2.75) is 38.6 Å². The van der Waals surface area contributed by atoms with Crippen LogP contribution in [0.3, 0.4) is 0 Å². The molecule has 0 spiro atoms. The molecule has 114 valence electrons. The Hall–Kier alpha value is -1.96. The number of aromatic nitrogens is 1. The Morgan fingerprint density at radius 1 is 1.48 bits per heavy atom. The van der Waals surface area contributed by atoms with Gasteiger partial charge in [0.25, 0.3) is 5.91 Å². The largest absolute Gasteiger partial charge is 0.356 e. The summed E-state index contributed by atoms with van der Waals surface area (Å²) in [5.41, 5.74) is 0.955. The minimum Gasteiger partial charge on any atom is -0.356 e. The summed E-state index contributed by atoms with van der Waals surface area (Å²) in [7, 11) is 0. The first-order valence-corrected chi connectivity index (χ1v) is 7.66. The molecule has 3 N–H and O–H groups in total. The van der Waals surface area contributed by atoms with Crippen LogP contribution in [0.1, 0.15) is 36.9 Å². The number of hydrogen-bond acceptors (Lipinski definition) is 5. The third kappa shape index (κ3) is 4.25.